The second-order valence-electron chi connectivity index (χ2n) is 4.98. The molecule has 4 rings (SSSR count). The summed E-state index contributed by atoms with van der Waals surface area (Å²) in [4.78, 5) is 14.7. The zero-order valence-electron chi connectivity index (χ0n) is 11.9. The molecule has 4 aromatic rings. The van der Waals surface area contributed by atoms with E-state index in [4.69, 9.17) is 4.52 Å². The fourth-order valence-electron chi connectivity index (χ4n) is 2.39. The first-order chi connectivity index (χ1) is 10.8. The number of H-pyrrole nitrogens is 2. The molecular weight excluding hydrogens is 278 g/mol. The molecule has 0 fully saturated rings. The zero-order valence-corrected chi connectivity index (χ0v) is 11.9. The standard InChI is InChI=1S/C16H13N5O/c1-10-2-4-11(5-3-10)12-13(15-17-6-7-18-15)21-22-14(12)16-19-8-9-20-16/h2-9H,1H3,(H,17,18)(H,19,20). The van der Waals surface area contributed by atoms with Crippen LogP contribution in [-0.4, -0.2) is 25.1 Å². The first kappa shape index (κ1) is 12.6. The summed E-state index contributed by atoms with van der Waals surface area (Å²) in [5.41, 5.74) is 3.73. The Balaban J connectivity index is 1.96. The van der Waals surface area contributed by atoms with Gasteiger partial charge in [-0.2, -0.15) is 0 Å². The molecule has 0 atom stereocenters. The van der Waals surface area contributed by atoms with Crippen molar-refractivity contribution in [3.8, 4) is 34.2 Å². The van der Waals surface area contributed by atoms with Crippen LogP contribution >= 0.6 is 0 Å². The van der Waals surface area contributed by atoms with E-state index in [2.05, 4.69) is 44.1 Å². The van der Waals surface area contributed by atoms with Crippen molar-refractivity contribution in [1.29, 1.82) is 0 Å². The third-order valence-electron chi connectivity index (χ3n) is 3.47. The van der Waals surface area contributed by atoms with Gasteiger partial charge in [0.25, 0.3) is 0 Å². The largest absolute Gasteiger partial charge is 0.352 e. The van der Waals surface area contributed by atoms with Crippen molar-refractivity contribution in [1.82, 2.24) is 25.1 Å². The molecule has 22 heavy (non-hydrogen) atoms. The number of aromatic amines is 2. The van der Waals surface area contributed by atoms with Gasteiger partial charge in [0.05, 0.1) is 5.56 Å². The molecular formula is C16H13N5O. The van der Waals surface area contributed by atoms with E-state index in [0.717, 1.165) is 11.1 Å². The summed E-state index contributed by atoms with van der Waals surface area (Å²) < 4.78 is 5.54. The lowest BCUT2D eigenvalue weighted by Gasteiger charge is -2.03. The van der Waals surface area contributed by atoms with Crippen molar-refractivity contribution >= 4 is 0 Å². The SMILES string of the molecule is Cc1ccc(-c2c(-c3ncc[nH]3)noc2-c2ncc[nH]2)cc1. The van der Waals surface area contributed by atoms with Crippen molar-refractivity contribution in [3.05, 3.63) is 54.6 Å². The predicted octanol–water partition coefficient (Wildman–Crippen LogP) is 3.43. The molecule has 3 aromatic heterocycles. The van der Waals surface area contributed by atoms with E-state index in [1.807, 2.05) is 12.1 Å². The fourth-order valence-corrected chi connectivity index (χ4v) is 2.39. The molecule has 6 heteroatoms. The van der Waals surface area contributed by atoms with Gasteiger partial charge >= 0.3 is 0 Å². The van der Waals surface area contributed by atoms with Gasteiger partial charge in [0, 0.05) is 24.8 Å². The van der Waals surface area contributed by atoms with Crippen LogP contribution in [0.2, 0.25) is 0 Å². The van der Waals surface area contributed by atoms with E-state index >= 15 is 0 Å². The first-order valence-corrected chi connectivity index (χ1v) is 6.89. The number of imidazole rings is 2. The lowest BCUT2D eigenvalue weighted by molar-refractivity contribution is 0.432. The molecule has 0 aliphatic carbocycles. The second kappa shape index (κ2) is 5.00. The number of nitrogens with one attached hydrogen (secondary N) is 2. The van der Waals surface area contributed by atoms with E-state index in [9.17, 15) is 0 Å². The Labute approximate surface area is 126 Å². The van der Waals surface area contributed by atoms with Crippen molar-refractivity contribution in [3.63, 3.8) is 0 Å². The van der Waals surface area contributed by atoms with Gasteiger partial charge < -0.3 is 14.5 Å². The van der Waals surface area contributed by atoms with Crippen molar-refractivity contribution in [2.24, 2.45) is 0 Å². The number of aryl methyl sites for hydroxylation is 1. The first-order valence-electron chi connectivity index (χ1n) is 6.89. The number of rotatable bonds is 3. The van der Waals surface area contributed by atoms with Crippen LogP contribution in [0.25, 0.3) is 34.2 Å². The van der Waals surface area contributed by atoms with Gasteiger partial charge in [-0.25, -0.2) is 9.97 Å². The molecule has 0 spiro atoms. The maximum absolute atomic E-state index is 5.54. The highest BCUT2D eigenvalue weighted by molar-refractivity contribution is 5.87. The summed E-state index contributed by atoms with van der Waals surface area (Å²) in [5.74, 6) is 1.90. The molecule has 0 radical (unpaired) electrons. The Morgan fingerprint density at radius 1 is 0.909 bits per heavy atom. The van der Waals surface area contributed by atoms with Crippen LogP contribution in [0.15, 0.2) is 53.6 Å². The summed E-state index contributed by atoms with van der Waals surface area (Å²) >= 11 is 0. The van der Waals surface area contributed by atoms with Gasteiger partial charge in [-0.3, -0.25) is 0 Å². The van der Waals surface area contributed by atoms with Crippen LogP contribution in [0.1, 0.15) is 5.56 Å². The van der Waals surface area contributed by atoms with Crippen LogP contribution in [0, 0.1) is 6.92 Å². The molecule has 0 aliphatic rings. The number of aromatic nitrogens is 5. The second-order valence-corrected chi connectivity index (χ2v) is 4.98. The summed E-state index contributed by atoms with van der Waals surface area (Å²) in [7, 11) is 0. The molecule has 0 unspecified atom stereocenters. The Morgan fingerprint density at radius 2 is 1.59 bits per heavy atom. The van der Waals surface area contributed by atoms with Crippen molar-refractivity contribution in [2.45, 2.75) is 6.92 Å². The summed E-state index contributed by atoms with van der Waals surface area (Å²) in [5, 5.41) is 4.18. The molecule has 0 aliphatic heterocycles. The van der Waals surface area contributed by atoms with Gasteiger partial charge in [0.2, 0.25) is 5.76 Å². The van der Waals surface area contributed by atoms with E-state index in [1.165, 1.54) is 5.56 Å². The lowest BCUT2D eigenvalue weighted by Crippen LogP contribution is -1.87. The highest BCUT2D eigenvalue weighted by Crippen LogP contribution is 2.37. The summed E-state index contributed by atoms with van der Waals surface area (Å²) in [6.45, 7) is 2.05. The topological polar surface area (TPSA) is 83.4 Å². The van der Waals surface area contributed by atoms with Crippen molar-refractivity contribution < 1.29 is 4.52 Å². The number of benzene rings is 1. The van der Waals surface area contributed by atoms with E-state index in [-0.39, 0.29) is 0 Å². The molecule has 0 saturated carbocycles. The smallest absolute Gasteiger partial charge is 0.210 e. The van der Waals surface area contributed by atoms with Gasteiger partial charge in [-0.15, -0.1) is 0 Å². The van der Waals surface area contributed by atoms with Gasteiger partial charge in [0.15, 0.2) is 17.3 Å². The average molecular weight is 291 g/mol. The zero-order chi connectivity index (χ0) is 14.9. The van der Waals surface area contributed by atoms with E-state index in [1.54, 1.807) is 24.8 Å². The Bertz CT molecular complexity index is 822. The minimum Gasteiger partial charge on any atom is -0.352 e. The predicted molar refractivity (Wildman–Crippen MR) is 81.8 cm³/mol. The number of hydrogen-bond acceptors (Lipinski definition) is 4. The number of nitrogens with zero attached hydrogens (tertiary/aromatic N) is 3. The van der Waals surface area contributed by atoms with Crippen LogP contribution in [0.4, 0.5) is 0 Å². The van der Waals surface area contributed by atoms with Gasteiger partial charge in [-0.05, 0) is 12.5 Å². The average Bonchev–Trinajstić information content (AvgIpc) is 3.27. The van der Waals surface area contributed by atoms with E-state index < -0.39 is 0 Å². The lowest BCUT2D eigenvalue weighted by atomic mass is 10.0. The molecule has 1 aromatic carbocycles. The molecule has 0 saturated heterocycles. The van der Waals surface area contributed by atoms with Crippen LogP contribution in [-0.2, 0) is 0 Å². The molecule has 2 N–H and O–H groups in total. The van der Waals surface area contributed by atoms with Crippen LogP contribution in [0.3, 0.4) is 0 Å². The molecule has 0 amide bonds. The maximum atomic E-state index is 5.54. The maximum Gasteiger partial charge on any atom is 0.210 e. The fraction of sp³-hybridized carbons (Fsp3) is 0.0625. The highest BCUT2D eigenvalue weighted by Gasteiger charge is 2.23. The quantitative estimate of drug-likeness (QED) is 0.605. The summed E-state index contributed by atoms with van der Waals surface area (Å²) in [6.07, 6.45) is 6.89. The number of hydrogen-bond donors (Lipinski definition) is 2. The molecule has 0 bridgehead atoms. The normalized spacial score (nSPS) is 11.0. The minimum absolute atomic E-state index is 0.597. The van der Waals surface area contributed by atoms with Crippen molar-refractivity contribution in [2.75, 3.05) is 0 Å². The van der Waals surface area contributed by atoms with Gasteiger partial charge in [-0.1, -0.05) is 35.0 Å². The Morgan fingerprint density at radius 3 is 2.23 bits per heavy atom. The van der Waals surface area contributed by atoms with E-state index in [0.29, 0.717) is 23.1 Å². The monoisotopic (exact) mass is 291 g/mol. The Hall–Kier alpha value is -3.15. The molecule has 108 valence electrons. The minimum atomic E-state index is 0.597. The van der Waals surface area contributed by atoms with Crippen LogP contribution < -0.4 is 0 Å². The van der Waals surface area contributed by atoms with Gasteiger partial charge in [0.1, 0.15) is 0 Å². The van der Waals surface area contributed by atoms with Crippen LogP contribution in [0.5, 0.6) is 0 Å². The third kappa shape index (κ3) is 2.01. The third-order valence-corrected chi connectivity index (χ3v) is 3.47. The highest BCUT2D eigenvalue weighted by atomic mass is 16.5. The molecule has 6 nitrogen and oxygen atoms in total. The molecule has 3 heterocycles. The Kier molecular flexibility index (Phi) is 2.86. The summed E-state index contributed by atoms with van der Waals surface area (Å²) in [6, 6.07) is 8.20.